The number of ether oxygens (including phenoxy) is 3. The van der Waals surface area contributed by atoms with Gasteiger partial charge in [0.1, 0.15) is 5.75 Å². The van der Waals surface area contributed by atoms with Gasteiger partial charge in [0.2, 0.25) is 6.79 Å². The Morgan fingerprint density at radius 1 is 1.10 bits per heavy atom. The fourth-order valence-corrected chi connectivity index (χ4v) is 2.22. The van der Waals surface area contributed by atoms with Gasteiger partial charge in [0, 0.05) is 6.07 Å². The SMILES string of the molecule is CCCCCCCCOc1cc2c(cc1C=O)OCO2. The summed E-state index contributed by atoms with van der Waals surface area (Å²) in [7, 11) is 0. The van der Waals surface area contributed by atoms with Crippen LogP contribution in [0.15, 0.2) is 12.1 Å². The van der Waals surface area contributed by atoms with Crippen molar-refractivity contribution in [2.24, 2.45) is 0 Å². The molecule has 110 valence electrons. The second-order valence-electron chi connectivity index (χ2n) is 4.98. The molecule has 4 nitrogen and oxygen atoms in total. The van der Waals surface area contributed by atoms with E-state index in [4.69, 9.17) is 14.2 Å². The van der Waals surface area contributed by atoms with Gasteiger partial charge in [-0.15, -0.1) is 0 Å². The summed E-state index contributed by atoms with van der Waals surface area (Å²) in [6.45, 7) is 3.05. The molecule has 1 aromatic carbocycles. The Bertz CT molecular complexity index is 442. The molecular formula is C16H22O4. The molecule has 0 bridgehead atoms. The molecule has 0 N–H and O–H groups in total. The molecule has 0 radical (unpaired) electrons. The predicted octanol–water partition coefficient (Wildman–Crippen LogP) is 3.97. The quantitative estimate of drug-likeness (QED) is 0.506. The highest BCUT2D eigenvalue weighted by molar-refractivity contribution is 5.81. The number of unbranched alkanes of at least 4 members (excludes halogenated alkanes) is 5. The van der Waals surface area contributed by atoms with Gasteiger partial charge in [0.15, 0.2) is 17.8 Å². The maximum atomic E-state index is 11.1. The molecule has 0 amide bonds. The summed E-state index contributed by atoms with van der Waals surface area (Å²) in [6, 6.07) is 3.41. The van der Waals surface area contributed by atoms with Crippen LogP contribution in [0.2, 0.25) is 0 Å². The first-order valence-corrected chi connectivity index (χ1v) is 7.36. The van der Waals surface area contributed by atoms with Crippen LogP contribution in [0.4, 0.5) is 0 Å². The van der Waals surface area contributed by atoms with Crippen LogP contribution in [0.5, 0.6) is 17.2 Å². The van der Waals surface area contributed by atoms with Gasteiger partial charge in [-0.3, -0.25) is 4.79 Å². The minimum Gasteiger partial charge on any atom is -0.493 e. The van der Waals surface area contributed by atoms with Crippen LogP contribution in [0.3, 0.4) is 0 Å². The average molecular weight is 278 g/mol. The molecule has 0 atom stereocenters. The molecule has 20 heavy (non-hydrogen) atoms. The van der Waals surface area contributed by atoms with Crippen molar-refractivity contribution in [3.8, 4) is 17.2 Å². The molecule has 1 aliphatic rings. The van der Waals surface area contributed by atoms with E-state index in [0.717, 1.165) is 12.7 Å². The van der Waals surface area contributed by atoms with E-state index in [9.17, 15) is 4.79 Å². The normalized spacial score (nSPS) is 12.4. The molecule has 0 saturated carbocycles. The van der Waals surface area contributed by atoms with E-state index in [1.54, 1.807) is 12.1 Å². The monoisotopic (exact) mass is 278 g/mol. The molecule has 0 saturated heterocycles. The zero-order valence-corrected chi connectivity index (χ0v) is 12.0. The average Bonchev–Trinajstić information content (AvgIpc) is 2.92. The number of carbonyl (C=O) groups is 1. The Morgan fingerprint density at radius 2 is 1.80 bits per heavy atom. The molecule has 0 aromatic heterocycles. The van der Waals surface area contributed by atoms with E-state index >= 15 is 0 Å². The lowest BCUT2D eigenvalue weighted by atomic mass is 10.1. The first-order valence-electron chi connectivity index (χ1n) is 7.36. The number of fused-ring (bicyclic) bond motifs is 1. The maximum Gasteiger partial charge on any atom is 0.231 e. The van der Waals surface area contributed by atoms with Gasteiger partial charge < -0.3 is 14.2 Å². The Labute approximate surface area is 120 Å². The van der Waals surface area contributed by atoms with Crippen LogP contribution < -0.4 is 14.2 Å². The van der Waals surface area contributed by atoms with Crippen molar-refractivity contribution in [2.45, 2.75) is 45.4 Å². The van der Waals surface area contributed by atoms with Crippen molar-refractivity contribution in [3.63, 3.8) is 0 Å². The van der Waals surface area contributed by atoms with Gasteiger partial charge >= 0.3 is 0 Å². The summed E-state index contributed by atoms with van der Waals surface area (Å²) in [5, 5.41) is 0. The van der Waals surface area contributed by atoms with Crippen LogP contribution in [0.25, 0.3) is 0 Å². The van der Waals surface area contributed by atoms with Crippen molar-refractivity contribution < 1.29 is 19.0 Å². The third kappa shape index (κ3) is 3.89. The minimum absolute atomic E-state index is 0.203. The lowest BCUT2D eigenvalue weighted by Crippen LogP contribution is -2.00. The number of hydrogen-bond donors (Lipinski definition) is 0. The largest absolute Gasteiger partial charge is 0.493 e. The lowest BCUT2D eigenvalue weighted by Gasteiger charge is -2.09. The Morgan fingerprint density at radius 3 is 2.55 bits per heavy atom. The molecular weight excluding hydrogens is 256 g/mol. The van der Waals surface area contributed by atoms with Crippen molar-refractivity contribution in [3.05, 3.63) is 17.7 Å². The molecule has 0 fully saturated rings. The smallest absolute Gasteiger partial charge is 0.231 e. The van der Waals surface area contributed by atoms with Crippen LogP contribution in [-0.4, -0.2) is 19.7 Å². The number of hydrogen-bond acceptors (Lipinski definition) is 4. The molecule has 0 unspecified atom stereocenters. The van der Waals surface area contributed by atoms with Gasteiger partial charge in [-0.25, -0.2) is 0 Å². The highest BCUT2D eigenvalue weighted by Crippen LogP contribution is 2.37. The van der Waals surface area contributed by atoms with Crippen molar-refractivity contribution in [1.82, 2.24) is 0 Å². The van der Waals surface area contributed by atoms with Gasteiger partial charge in [-0.1, -0.05) is 39.0 Å². The maximum absolute atomic E-state index is 11.1. The van der Waals surface area contributed by atoms with E-state index in [0.29, 0.717) is 29.4 Å². The highest BCUT2D eigenvalue weighted by Gasteiger charge is 2.17. The molecule has 1 aromatic rings. The second-order valence-corrected chi connectivity index (χ2v) is 4.98. The zero-order valence-electron chi connectivity index (χ0n) is 12.0. The number of rotatable bonds is 9. The van der Waals surface area contributed by atoms with E-state index in [1.165, 1.54) is 32.1 Å². The molecule has 0 aliphatic carbocycles. The predicted molar refractivity (Wildman–Crippen MR) is 76.8 cm³/mol. The van der Waals surface area contributed by atoms with E-state index < -0.39 is 0 Å². The third-order valence-electron chi connectivity index (χ3n) is 3.39. The van der Waals surface area contributed by atoms with Crippen LogP contribution >= 0.6 is 0 Å². The summed E-state index contributed by atoms with van der Waals surface area (Å²) >= 11 is 0. The fraction of sp³-hybridized carbons (Fsp3) is 0.562. The van der Waals surface area contributed by atoms with Crippen molar-refractivity contribution >= 4 is 6.29 Å². The molecule has 4 heteroatoms. The van der Waals surface area contributed by atoms with Gasteiger partial charge in [-0.2, -0.15) is 0 Å². The number of aldehydes is 1. The lowest BCUT2D eigenvalue weighted by molar-refractivity contribution is 0.111. The molecule has 1 heterocycles. The van der Waals surface area contributed by atoms with Crippen LogP contribution in [0.1, 0.15) is 55.8 Å². The second kappa shape index (κ2) is 7.78. The molecule has 2 rings (SSSR count). The summed E-state index contributed by atoms with van der Waals surface area (Å²) in [4.78, 5) is 11.1. The summed E-state index contributed by atoms with van der Waals surface area (Å²) < 4.78 is 16.2. The van der Waals surface area contributed by atoms with Crippen molar-refractivity contribution in [1.29, 1.82) is 0 Å². The first-order chi connectivity index (χ1) is 9.85. The standard InChI is InChI=1S/C16H22O4/c1-2-3-4-5-6-7-8-18-14-10-16-15(19-12-20-16)9-13(14)11-17/h9-11H,2-8,12H2,1H3. The zero-order chi connectivity index (χ0) is 14.2. The Balaban J connectivity index is 1.79. The van der Waals surface area contributed by atoms with Gasteiger partial charge in [0.25, 0.3) is 0 Å². The molecule has 1 aliphatic heterocycles. The summed E-state index contributed by atoms with van der Waals surface area (Å²) in [6.07, 6.45) is 8.07. The van der Waals surface area contributed by atoms with Gasteiger partial charge in [-0.05, 0) is 12.5 Å². The molecule has 0 spiro atoms. The Hall–Kier alpha value is -1.71. The number of benzene rings is 1. The summed E-state index contributed by atoms with van der Waals surface area (Å²) in [5.74, 6) is 1.84. The van der Waals surface area contributed by atoms with Crippen LogP contribution in [-0.2, 0) is 0 Å². The van der Waals surface area contributed by atoms with E-state index in [1.807, 2.05) is 0 Å². The van der Waals surface area contributed by atoms with Crippen LogP contribution in [0, 0.1) is 0 Å². The van der Waals surface area contributed by atoms with Gasteiger partial charge in [0.05, 0.1) is 12.2 Å². The summed E-state index contributed by atoms with van der Waals surface area (Å²) in [5.41, 5.74) is 0.514. The fourth-order valence-electron chi connectivity index (χ4n) is 2.22. The minimum atomic E-state index is 0.203. The van der Waals surface area contributed by atoms with E-state index in [-0.39, 0.29) is 6.79 Å². The first kappa shape index (κ1) is 14.7. The Kier molecular flexibility index (Phi) is 5.71. The van der Waals surface area contributed by atoms with Crippen molar-refractivity contribution in [2.75, 3.05) is 13.4 Å². The topological polar surface area (TPSA) is 44.8 Å². The third-order valence-corrected chi connectivity index (χ3v) is 3.39. The van der Waals surface area contributed by atoms with E-state index in [2.05, 4.69) is 6.92 Å². The number of carbonyl (C=O) groups excluding carboxylic acids is 1. The highest BCUT2D eigenvalue weighted by atomic mass is 16.7.